The zero-order chi connectivity index (χ0) is 19.7. The topological polar surface area (TPSA) is 73.8 Å². The molecule has 0 atom stereocenters. The smallest absolute Gasteiger partial charge is 0.332 e. The number of hydrogen-bond donors (Lipinski definition) is 1. The minimum absolute atomic E-state index is 0.296. The van der Waals surface area contributed by atoms with E-state index in [2.05, 4.69) is 22.4 Å². The lowest BCUT2D eigenvalue weighted by atomic mass is 9.96. The van der Waals surface area contributed by atoms with Crippen molar-refractivity contribution in [1.82, 2.24) is 18.7 Å². The second kappa shape index (κ2) is 7.66. The quantitative estimate of drug-likeness (QED) is 0.737. The van der Waals surface area contributed by atoms with Crippen LogP contribution in [-0.2, 0) is 27.1 Å². The number of benzene rings is 1. The van der Waals surface area contributed by atoms with Gasteiger partial charge in [-0.2, -0.15) is 4.98 Å². The number of anilines is 1. The normalized spacial score (nSPS) is 15.2. The van der Waals surface area contributed by atoms with Gasteiger partial charge in [0, 0.05) is 26.7 Å². The van der Waals surface area contributed by atoms with Crippen molar-refractivity contribution in [1.29, 1.82) is 0 Å². The van der Waals surface area contributed by atoms with Crippen molar-refractivity contribution in [2.24, 2.45) is 14.1 Å². The number of rotatable bonds is 5. The Hall–Kier alpha value is -2.83. The Bertz CT molecular complexity index is 1090. The van der Waals surface area contributed by atoms with Crippen molar-refractivity contribution in [2.45, 2.75) is 51.1 Å². The molecular weight excluding hydrogens is 354 g/mol. The second-order valence-corrected chi connectivity index (χ2v) is 7.68. The van der Waals surface area contributed by atoms with E-state index in [1.807, 2.05) is 22.8 Å². The van der Waals surface area contributed by atoms with Gasteiger partial charge < -0.3 is 9.88 Å². The molecule has 1 saturated carbocycles. The first-order valence-corrected chi connectivity index (χ1v) is 10.0. The van der Waals surface area contributed by atoms with Crippen molar-refractivity contribution in [3.63, 3.8) is 0 Å². The predicted molar refractivity (Wildman–Crippen MR) is 111 cm³/mol. The van der Waals surface area contributed by atoms with Crippen molar-refractivity contribution in [3.8, 4) is 0 Å². The molecular formula is C21H27N5O2. The monoisotopic (exact) mass is 381 g/mol. The van der Waals surface area contributed by atoms with Crippen LogP contribution in [0.25, 0.3) is 11.2 Å². The number of nitrogens with zero attached hydrogens (tertiary/aromatic N) is 4. The van der Waals surface area contributed by atoms with E-state index in [9.17, 15) is 9.59 Å². The number of hydrogen-bond acceptors (Lipinski definition) is 4. The van der Waals surface area contributed by atoms with E-state index in [1.54, 1.807) is 7.05 Å². The number of aromatic nitrogens is 4. The van der Waals surface area contributed by atoms with Gasteiger partial charge in [-0.05, 0) is 24.8 Å². The first kappa shape index (κ1) is 18.5. The highest BCUT2D eigenvalue weighted by Crippen LogP contribution is 2.23. The first-order valence-electron chi connectivity index (χ1n) is 10.0. The standard InChI is InChI=1S/C21H27N5O2/c1-24-18-17(19(27)25(2)21(24)28)26(14-13-15-9-5-3-6-10-15)20(23-18)22-16-11-7-4-8-12-16/h3,5-6,9-10,16H,4,7-8,11-14H2,1-2H3,(H,22,23). The Labute approximate surface area is 163 Å². The summed E-state index contributed by atoms with van der Waals surface area (Å²) in [5.41, 5.74) is 1.48. The molecule has 28 heavy (non-hydrogen) atoms. The molecule has 3 aromatic rings. The number of aryl methyl sites for hydroxylation is 3. The minimum Gasteiger partial charge on any atom is -0.353 e. The number of imidazole rings is 1. The van der Waals surface area contributed by atoms with Crippen molar-refractivity contribution in [2.75, 3.05) is 5.32 Å². The van der Waals surface area contributed by atoms with Gasteiger partial charge in [-0.1, -0.05) is 49.6 Å². The van der Waals surface area contributed by atoms with Gasteiger partial charge in [-0.3, -0.25) is 13.9 Å². The Balaban J connectivity index is 1.79. The summed E-state index contributed by atoms with van der Waals surface area (Å²) >= 11 is 0. The van der Waals surface area contributed by atoms with Crippen LogP contribution >= 0.6 is 0 Å². The molecule has 7 heteroatoms. The summed E-state index contributed by atoms with van der Waals surface area (Å²) in [6.45, 7) is 0.628. The first-order chi connectivity index (χ1) is 13.6. The zero-order valence-electron chi connectivity index (χ0n) is 16.5. The van der Waals surface area contributed by atoms with Gasteiger partial charge in [-0.25, -0.2) is 4.79 Å². The molecule has 0 saturated heterocycles. The molecule has 148 valence electrons. The number of nitrogens with one attached hydrogen (secondary N) is 1. The Morgan fingerprint density at radius 3 is 2.46 bits per heavy atom. The van der Waals surface area contributed by atoms with E-state index in [-0.39, 0.29) is 11.2 Å². The highest BCUT2D eigenvalue weighted by atomic mass is 16.2. The van der Waals surface area contributed by atoms with E-state index >= 15 is 0 Å². The lowest BCUT2D eigenvalue weighted by Gasteiger charge is -2.23. The molecule has 1 fully saturated rings. The molecule has 4 rings (SSSR count). The maximum atomic E-state index is 12.9. The minimum atomic E-state index is -0.352. The Morgan fingerprint density at radius 2 is 1.75 bits per heavy atom. The van der Waals surface area contributed by atoms with Gasteiger partial charge in [0.1, 0.15) is 0 Å². The van der Waals surface area contributed by atoms with Gasteiger partial charge in [0.05, 0.1) is 0 Å². The van der Waals surface area contributed by atoms with Crippen LogP contribution in [0.5, 0.6) is 0 Å². The maximum Gasteiger partial charge on any atom is 0.332 e. The van der Waals surface area contributed by atoms with E-state index in [4.69, 9.17) is 0 Å². The van der Waals surface area contributed by atoms with Crippen LogP contribution in [0.3, 0.4) is 0 Å². The van der Waals surface area contributed by atoms with Crippen LogP contribution in [0, 0.1) is 0 Å². The molecule has 1 aliphatic carbocycles. The molecule has 1 aromatic carbocycles. The van der Waals surface area contributed by atoms with Crippen LogP contribution in [0.15, 0.2) is 39.9 Å². The maximum absolute atomic E-state index is 12.9. The molecule has 1 N–H and O–H groups in total. The lowest BCUT2D eigenvalue weighted by molar-refractivity contribution is 0.459. The van der Waals surface area contributed by atoms with Gasteiger partial charge in [0.15, 0.2) is 11.2 Å². The van der Waals surface area contributed by atoms with Gasteiger partial charge in [0.25, 0.3) is 5.56 Å². The summed E-state index contributed by atoms with van der Waals surface area (Å²) in [4.78, 5) is 29.9. The van der Waals surface area contributed by atoms with Crippen LogP contribution < -0.4 is 16.6 Å². The summed E-state index contributed by atoms with van der Waals surface area (Å²) in [5.74, 6) is 0.691. The second-order valence-electron chi connectivity index (χ2n) is 7.68. The summed E-state index contributed by atoms with van der Waals surface area (Å²) in [5, 5.41) is 3.56. The van der Waals surface area contributed by atoms with Crippen molar-refractivity contribution >= 4 is 17.1 Å². The zero-order valence-corrected chi connectivity index (χ0v) is 16.5. The molecule has 7 nitrogen and oxygen atoms in total. The average Bonchev–Trinajstić information content (AvgIpc) is 3.09. The van der Waals surface area contributed by atoms with E-state index in [0.717, 1.165) is 23.8 Å². The van der Waals surface area contributed by atoms with Crippen LogP contribution in [0.2, 0.25) is 0 Å². The van der Waals surface area contributed by atoms with Crippen LogP contribution in [0.1, 0.15) is 37.7 Å². The Kier molecular flexibility index (Phi) is 5.07. The molecule has 0 aliphatic heterocycles. The summed E-state index contributed by atoms with van der Waals surface area (Å²) in [6, 6.07) is 10.6. The number of fused-ring (bicyclic) bond motifs is 1. The molecule has 2 aromatic heterocycles. The van der Waals surface area contributed by atoms with E-state index < -0.39 is 0 Å². The fourth-order valence-corrected chi connectivity index (χ4v) is 4.09. The fraction of sp³-hybridized carbons (Fsp3) is 0.476. The van der Waals surface area contributed by atoms with Gasteiger partial charge >= 0.3 is 5.69 Å². The molecule has 0 spiro atoms. The molecule has 0 unspecified atom stereocenters. The molecule has 0 radical (unpaired) electrons. The molecule has 2 heterocycles. The molecule has 0 bridgehead atoms. The van der Waals surface area contributed by atoms with E-state index in [0.29, 0.717) is 29.7 Å². The van der Waals surface area contributed by atoms with E-state index in [1.165, 1.54) is 36.4 Å². The lowest BCUT2D eigenvalue weighted by Crippen LogP contribution is -2.37. The van der Waals surface area contributed by atoms with Crippen molar-refractivity contribution < 1.29 is 0 Å². The molecule has 1 aliphatic rings. The largest absolute Gasteiger partial charge is 0.353 e. The summed E-state index contributed by atoms with van der Waals surface area (Å²) in [7, 11) is 3.19. The average molecular weight is 381 g/mol. The summed E-state index contributed by atoms with van der Waals surface area (Å²) < 4.78 is 4.58. The van der Waals surface area contributed by atoms with Crippen molar-refractivity contribution in [3.05, 3.63) is 56.7 Å². The fourth-order valence-electron chi connectivity index (χ4n) is 4.09. The highest BCUT2D eigenvalue weighted by molar-refractivity contribution is 5.74. The third-order valence-electron chi connectivity index (χ3n) is 5.75. The van der Waals surface area contributed by atoms with Gasteiger partial charge in [0.2, 0.25) is 5.95 Å². The van der Waals surface area contributed by atoms with Crippen LogP contribution in [0.4, 0.5) is 5.95 Å². The summed E-state index contributed by atoms with van der Waals surface area (Å²) in [6.07, 6.45) is 6.71. The SMILES string of the molecule is Cn1c(=O)c2c(nc(NC3CCCCC3)n2CCc2ccccc2)n(C)c1=O. The molecule has 0 amide bonds. The third-order valence-corrected chi connectivity index (χ3v) is 5.75. The third kappa shape index (κ3) is 3.37. The van der Waals surface area contributed by atoms with Crippen LogP contribution in [-0.4, -0.2) is 24.7 Å². The predicted octanol–water partition coefficient (Wildman–Crippen LogP) is 2.42. The van der Waals surface area contributed by atoms with Gasteiger partial charge in [-0.15, -0.1) is 0 Å². The highest BCUT2D eigenvalue weighted by Gasteiger charge is 2.21. The Morgan fingerprint density at radius 1 is 1.04 bits per heavy atom.